The Balaban J connectivity index is 2.44. The van der Waals surface area contributed by atoms with Gasteiger partial charge in [0.1, 0.15) is 0 Å². The maximum absolute atomic E-state index is 11.3. The van der Waals surface area contributed by atoms with Crippen LogP contribution in [0, 0.1) is 0 Å². The Hall–Kier alpha value is -2.04. The van der Waals surface area contributed by atoms with Crippen LogP contribution >= 0.6 is 0 Å². The summed E-state index contributed by atoms with van der Waals surface area (Å²) in [5, 5.41) is 14.4. The van der Waals surface area contributed by atoms with Crippen molar-refractivity contribution < 1.29 is 14.7 Å². The molecule has 0 bridgehead atoms. The lowest BCUT2D eigenvalue weighted by atomic mass is 10.0. The number of urea groups is 1. The van der Waals surface area contributed by atoms with E-state index in [1.54, 1.807) is 24.3 Å². The second-order valence-corrected chi connectivity index (χ2v) is 3.89. The summed E-state index contributed by atoms with van der Waals surface area (Å²) in [5.41, 5.74) is 1.01. The van der Waals surface area contributed by atoms with E-state index in [4.69, 9.17) is 5.11 Å². The van der Waals surface area contributed by atoms with Gasteiger partial charge in [-0.25, -0.2) is 9.59 Å². The molecule has 0 aliphatic carbocycles. The van der Waals surface area contributed by atoms with Crippen molar-refractivity contribution in [1.29, 1.82) is 0 Å². The maximum Gasteiger partial charge on any atom is 0.335 e. The Labute approximate surface area is 106 Å². The molecule has 0 aliphatic heterocycles. The predicted molar refractivity (Wildman–Crippen MR) is 68.8 cm³/mol. The molecule has 1 rings (SSSR count). The Morgan fingerprint density at radius 2 is 1.83 bits per heavy atom. The van der Waals surface area contributed by atoms with Crippen molar-refractivity contribution in [3.63, 3.8) is 0 Å². The molecule has 0 saturated carbocycles. The van der Waals surface area contributed by atoms with Gasteiger partial charge < -0.3 is 15.7 Å². The monoisotopic (exact) mass is 250 g/mol. The summed E-state index contributed by atoms with van der Waals surface area (Å²) in [6.45, 7) is 3.03. The van der Waals surface area contributed by atoms with E-state index in [1.807, 2.05) is 6.92 Å². The van der Waals surface area contributed by atoms with Crippen molar-refractivity contribution >= 4 is 12.0 Å². The second-order valence-electron chi connectivity index (χ2n) is 3.89. The summed E-state index contributed by atoms with van der Waals surface area (Å²) >= 11 is 0. The van der Waals surface area contributed by atoms with Gasteiger partial charge in [0.15, 0.2) is 0 Å². The van der Waals surface area contributed by atoms with Crippen LogP contribution in [0.1, 0.15) is 29.3 Å². The molecular weight excluding hydrogens is 232 g/mol. The van der Waals surface area contributed by atoms with Crippen LogP contribution in [0.15, 0.2) is 24.3 Å². The first-order chi connectivity index (χ1) is 8.65. The molecule has 5 heteroatoms. The highest BCUT2D eigenvalue weighted by Gasteiger charge is 2.08. The number of hydrogen-bond donors (Lipinski definition) is 3. The number of amides is 2. The highest BCUT2D eigenvalue weighted by atomic mass is 16.4. The van der Waals surface area contributed by atoms with Crippen molar-refractivity contribution in [2.24, 2.45) is 0 Å². The molecule has 2 amide bonds. The minimum atomic E-state index is -0.943. The smallest absolute Gasteiger partial charge is 0.335 e. The number of carbonyl (C=O) groups is 2. The Morgan fingerprint density at radius 1 is 1.17 bits per heavy atom. The van der Waals surface area contributed by atoms with Gasteiger partial charge in [-0.15, -0.1) is 0 Å². The zero-order valence-corrected chi connectivity index (χ0v) is 10.4. The molecule has 0 aliphatic rings. The molecule has 18 heavy (non-hydrogen) atoms. The summed E-state index contributed by atoms with van der Waals surface area (Å²) in [6, 6.07) is 6.58. The van der Waals surface area contributed by atoms with Gasteiger partial charge in [-0.3, -0.25) is 0 Å². The Morgan fingerprint density at radius 3 is 2.50 bits per heavy atom. The van der Waals surface area contributed by atoms with Gasteiger partial charge in [-0.2, -0.15) is 0 Å². The fraction of sp³-hybridized carbons (Fsp3) is 0.385. The van der Waals surface area contributed by atoms with Crippen molar-refractivity contribution in [3.05, 3.63) is 35.4 Å². The molecule has 0 aromatic heterocycles. The standard InChI is InChI=1S/C13H18N2O3/c1-2-8-14-13(18)15-9-7-10-5-3-4-6-11(10)12(16)17/h3-6H,2,7-9H2,1H3,(H,16,17)(H2,14,15,18). The first-order valence-corrected chi connectivity index (χ1v) is 5.98. The molecule has 0 heterocycles. The van der Waals surface area contributed by atoms with Crippen LogP contribution in [0.2, 0.25) is 0 Å². The SMILES string of the molecule is CCCNC(=O)NCCc1ccccc1C(=O)O. The Bertz CT molecular complexity index is 418. The van der Waals surface area contributed by atoms with Crippen molar-refractivity contribution in [2.45, 2.75) is 19.8 Å². The zero-order chi connectivity index (χ0) is 13.4. The average Bonchev–Trinajstić information content (AvgIpc) is 2.36. The molecule has 1 aromatic rings. The van der Waals surface area contributed by atoms with Crippen LogP contribution in [-0.4, -0.2) is 30.2 Å². The van der Waals surface area contributed by atoms with Gasteiger partial charge in [-0.1, -0.05) is 25.1 Å². The van der Waals surface area contributed by atoms with E-state index in [1.165, 1.54) is 0 Å². The number of nitrogens with one attached hydrogen (secondary N) is 2. The van der Waals surface area contributed by atoms with E-state index in [0.29, 0.717) is 19.5 Å². The summed E-state index contributed by atoms with van der Waals surface area (Å²) in [7, 11) is 0. The number of aromatic carboxylic acids is 1. The molecule has 1 aromatic carbocycles. The van der Waals surface area contributed by atoms with E-state index in [-0.39, 0.29) is 11.6 Å². The molecule has 98 valence electrons. The molecule has 0 unspecified atom stereocenters. The van der Waals surface area contributed by atoms with E-state index < -0.39 is 5.97 Å². The molecule has 0 radical (unpaired) electrons. The molecule has 0 atom stereocenters. The molecule has 3 N–H and O–H groups in total. The van der Waals surface area contributed by atoms with E-state index in [9.17, 15) is 9.59 Å². The van der Waals surface area contributed by atoms with Gasteiger partial charge in [0.05, 0.1) is 5.56 Å². The van der Waals surface area contributed by atoms with Gasteiger partial charge in [0.25, 0.3) is 0 Å². The predicted octanol–water partition coefficient (Wildman–Crippen LogP) is 1.64. The quantitative estimate of drug-likeness (QED) is 0.718. The summed E-state index contributed by atoms with van der Waals surface area (Å²) in [4.78, 5) is 22.2. The minimum Gasteiger partial charge on any atom is -0.478 e. The Kier molecular flexibility index (Phi) is 5.70. The van der Waals surface area contributed by atoms with Gasteiger partial charge >= 0.3 is 12.0 Å². The van der Waals surface area contributed by atoms with Crippen LogP contribution in [0.5, 0.6) is 0 Å². The number of carbonyl (C=O) groups excluding carboxylic acids is 1. The first kappa shape index (κ1) is 14.0. The maximum atomic E-state index is 11.3. The van der Waals surface area contributed by atoms with Crippen LogP contribution in [0.3, 0.4) is 0 Å². The average molecular weight is 250 g/mol. The number of rotatable bonds is 6. The lowest BCUT2D eigenvalue weighted by molar-refractivity contribution is 0.0695. The zero-order valence-electron chi connectivity index (χ0n) is 10.4. The van der Waals surface area contributed by atoms with Gasteiger partial charge in [0, 0.05) is 13.1 Å². The van der Waals surface area contributed by atoms with Crippen LogP contribution in [0.4, 0.5) is 4.79 Å². The van der Waals surface area contributed by atoms with Crippen molar-refractivity contribution in [1.82, 2.24) is 10.6 Å². The summed E-state index contributed by atoms with van der Waals surface area (Å²) in [6.07, 6.45) is 1.39. The topological polar surface area (TPSA) is 78.4 Å². The van der Waals surface area contributed by atoms with E-state index >= 15 is 0 Å². The number of hydrogen-bond acceptors (Lipinski definition) is 2. The fourth-order valence-corrected chi connectivity index (χ4v) is 1.56. The van der Waals surface area contributed by atoms with Crippen molar-refractivity contribution in [3.8, 4) is 0 Å². The summed E-state index contributed by atoms with van der Waals surface area (Å²) in [5.74, 6) is -0.943. The number of carboxylic acid groups (broad SMARTS) is 1. The third kappa shape index (κ3) is 4.45. The minimum absolute atomic E-state index is 0.218. The molecule has 0 fully saturated rings. The highest BCUT2D eigenvalue weighted by Crippen LogP contribution is 2.08. The third-order valence-corrected chi connectivity index (χ3v) is 2.46. The van der Waals surface area contributed by atoms with Gasteiger partial charge in [-0.05, 0) is 24.5 Å². The fourth-order valence-electron chi connectivity index (χ4n) is 1.56. The van der Waals surface area contributed by atoms with Crippen molar-refractivity contribution in [2.75, 3.05) is 13.1 Å². The highest BCUT2D eigenvalue weighted by molar-refractivity contribution is 5.89. The van der Waals surface area contributed by atoms with E-state index in [2.05, 4.69) is 10.6 Å². The molecule has 0 spiro atoms. The lowest BCUT2D eigenvalue weighted by Crippen LogP contribution is -2.37. The largest absolute Gasteiger partial charge is 0.478 e. The van der Waals surface area contributed by atoms with Crippen LogP contribution in [-0.2, 0) is 6.42 Å². The molecule has 5 nitrogen and oxygen atoms in total. The first-order valence-electron chi connectivity index (χ1n) is 5.98. The number of benzene rings is 1. The third-order valence-electron chi connectivity index (χ3n) is 2.46. The lowest BCUT2D eigenvalue weighted by Gasteiger charge is -2.08. The van der Waals surface area contributed by atoms with Crippen LogP contribution < -0.4 is 10.6 Å². The summed E-state index contributed by atoms with van der Waals surface area (Å²) < 4.78 is 0. The molecule has 0 saturated heterocycles. The van der Waals surface area contributed by atoms with Crippen LogP contribution in [0.25, 0.3) is 0 Å². The molecular formula is C13H18N2O3. The number of carboxylic acids is 1. The second kappa shape index (κ2) is 7.32. The van der Waals surface area contributed by atoms with Gasteiger partial charge in [0.2, 0.25) is 0 Å². The van der Waals surface area contributed by atoms with E-state index in [0.717, 1.165) is 12.0 Å². The normalized spacial score (nSPS) is 9.83.